The summed E-state index contributed by atoms with van der Waals surface area (Å²) in [6.07, 6.45) is 41.9. The molecule has 0 spiro atoms. The molecule has 0 aliphatic heterocycles. The molecule has 4 unspecified atom stereocenters. The molecule has 348 valence electrons. The molecule has 7 heteroatoms. The van der Waals surface area contributed by atoms with E-state index in [1.54, 1.807) is 0 Å². The first-order valence-electron chi connectivity index (χ1n) is 25.8. The molecule has 0 radical (unpaired) electrons. The number of hydrogen-bond donors (Lipinski definition) is 0. The van der Waals surface area contributed by atoms with E-state index < -0.39 is 11.9 Å². The molecule has 6 nitrogen and oxygen atoms in total. The van der Waals surface area contributed by atoms with Crippen molar-refractivity contribution in [3.8, 4) is 0 Å². The van der Waals surface area contributed by atoms with E-state index in [1.165, 1.54) is 180 Å². The van der Waals surface area contributed by atoms with Gasteiger partial charge in [0.05, 0.1) is 11.9 Å². The maximum absolute atomic E-state index is 11.1. The Morgan fingerprint density at radius 3 is 0.712 bits per heavy atom. The predicted molar refractivity (Wildman–Crippen MR) is 256 cm³/mol. The van der Waals surface area contributed by atoms with Crippen molar-refractivity contribution in [2.45, 2.75) is 261 Å². The second-order valence-corrected chi connectivity index (χ2v) is 19.1. The third-order valence-corrected chi connectivity index (χ3v) is 12.7. The van der Waals surface area contributed by atoms with E-state index in [4.69, 9.17) is 0 Å². The quantitative estimate of drug-likeness (QED) is 0.0448. The average Bonchev–Trinajstić information content (AvgIpc) is 3.19. The van der Waals surface area contributed by atoms with Gasteiger partial charge in [-0.05, 0) is 75.5 Å². The average molecular weight is 861 g/mol. The van der Waals surface area contributed by atoms with Crippen LogP contribution in [-0.4, -0.2) is 98.7 Å². The second-order valence-electron chi connectivity index (χ2n) is 19.1. The Morgan fingerprint density at radius 1 is 0.339 bits per heavy atom. The molecule has 0 heterocycles. The predicted octanol–water partition coefficient (Wildman–Crippen LogP) is 12.8. The maximum atomic E-state index is 11.1. The van der Waals surface area contributed by atoms with Crippen molar-refractivity contribution >= 4 is 49.7 Å². The Bertz CT molecular complexity index is 741. The van der Waals surface area contributed by atoms with Crippen LogP contribution in [0.25, 0.3) is 0 Å². The van der Waals surface area contributed by atoms with E-state index >= 15 is 0 Å². The normalized spacial score (nSPS) is 13.5. The first kappa shape index (κ1) is 63.4. The van der Waals surface area contributed by atoms with Crippen LogP contribution in [0.3, 0.4) is 0 Å². The van der Waals surface area contributed by atoms with Crippen molar-refractivity contribution in [2.75, 3.05) is 39.3 Å². The summed E-state index contributed by atoms with van der Waals surface area (Å²) < 4.78 is 0. The van der Waals surface area contributed by atoms with E-state index in [0.717, 1.165) is 51.9 Å². The van der Waals surface area contributed by atoms with Gasteiger partial charge in [-0.3, -0.25) is 9.80 Å². The van der Waals surface area contributed by atoms with Gasteiger partial charge < -0.3 is 19.8 Å². The zero-order valence-electron chi connectivity index (χ0n) is 41.4. The van der Waals surface area contributed by atoms with E-state index in [-0.39, 0.29) is 50.8 Å². The summed E-state index contributed by atoms with van der Waals surface area (Å²) in [6.45, 7) is 22.1. The maximum Gasteiger partial charge on any atom is 2.00 e. The van der Waals surface area contributed by atoms with Crippen LogP contribution in [0.15, 0.2) is 0 Å². The van der Waals surface area contributed by atoms with Crippen molar-refractivity contribution in [1.29, 1.82) is 0 Å². The van der Waals surface area contributed by atoms with Crippen LogP contribution < -0.4 is 10.2 Å². The zero-order valence-corrected chi connectivity index (χ0v) is 43.6. The van der Waals surface area contributed by atoms with Crippen LogP contribution in [-0.2, 0) is 9.59 Å². The number of aliphatic carboxylic acids is 2. The summed E-state index contributed by atoms with van der Waals surface area (Å²) in [6, 6.07) is 0. The van der Waals surface area contributed by atoms with Crippen LogP contribution >= 0.6 is 0 Å². The molecule has 0 aromatic heterocycles. The molecule has 0 aromatic rings. The molecule has 0 saturated carbocycles. The van der Waals surface area contributed by atoms with Gasteiger partial charge in [0.15, 0.2) is 0 Å². The summed E-state index contributed by atoms with van der Waals surface area (Å²) in [5, 5.41) is 22.3. The Kier molecular flexibility index (Phi) is 52.8. The van der Waals surface area contributed by atoms with Crippen molar-refractivity contribution < 1.29 is 19.8 Å². The number of nitrogens with zero attached hydrogens (tertiary/aromatic N) is 2. The van der Waals surface area contributed by atoms with E-state index in [0.29, 0.717) is 23.7 Å². The standard InChI is InChI=1S/2C26H53NO2.Ca/c2*1-5-7-9-11-13-15-17-24(3)19-21-27(23-26(28)29)22-20-25(4)18-16-14-12-10-8-6-2;/h2*24-25H,5-23H2,1-4H3,(H,28,29);/q;;+2/p-2. The van der Waals surface area contributed by atoms with Gasteiger partial charge in [-0.25, -0.2) is 0 Å². The van der Waals surface area contributed by atoms with Crippen molar-refractivity contribution in [2.24, 2.45) is 23.7 Å². The second kappa shape index (κ2) is 49.1. The summed E-state index contributed by atoms with van der Waals surface area (Å²) in [5.41, 5.74) is 0. The monoisotopic (exact) mass is 861 g/mol. The molecular weight excluding hydrogens is 757 g/mol. The Morgan fingerprint density at radius 2 is 0.525 bits per heavy atom. The summed E-state index contributed by atoms with van der Waals surface area (Å²) in [7, 11) is 0. The van der Waals surface area contributed by atoms with Crippen LogP contribution in [0, 0.1) is 23.7 Å². The van der Waals surface area contributed by atoms with Gasteiger partial charge in [-0.15, -0.1) is 0 Å². The van der Waals surface area contributed by atoms with Crippen LogP contribution in [0.4, 0.5) is 0 Å². The van der Waals surface area contributed by atoms with Gasteiger partial charge in [0.2, 0.25) is 0 Å². The van der Waals surface area contributed by atoms with Gasteiger partial charge in [0.1, 0.15) is 0 Å². The molecule has 0 bridgehead atoms. The SMILES string of the molecule is CCCCCCCCC(C)CCN(CCC(C)CCCCCCCC)CC(=O)[O-].CCCCCCCCC(C)CCN(CCC(C)CCCCCCCC)CC(=O)[O-].[Ca+2]. The first-order chi connectivity index (χ1) is 28.0. The minimum absolute atomic E-state index is 0. The largest absolute Gasteiger partial charge is 2.00 e. The van der Waals surface area contributed by atoms with Crippen molar-refractivity contribution in [1.82, 2.24) is 9.80 Å². The van der Waals surface area contributed by atoms with Crippen LogP contribution in [0.5, 0.6) is 0 Å². The Labute approximate surface area is 400 Å². The molecule has 0 saturated heterocycles. The minimum Gasteiger partial charge on any atom is -0.549 e. The first-order valence-corrected chi connectivity index (χ1v) is 25.8. The number of hydrogen-bond acceptors (Lipinski definition) is 6. The van der Waals surface area contributed by atoms with Gasteiger partial charge in [-0.1, -0.05) is 235 Å². The van der Waals surface area contributed by atoms with Gasteiger partial charge in [-0.2, -0.15) is 0 Å². The molecule has 0 rings (SSSR count). The number of carboxylic acid groups (broad SMARTS) is 2. The third-order valence-electron chi connectivity index (χ3n) is 12.7. The van der Waals surface area contributed by atoms with Crippen molar-refractivity contribution in [3.63, 3.8) is 0 Å². The zero-order chi connectivity index (χ0) is 43.5. The Balaban J connectivity index is -0.00000105. The molecule has 0 aliphatic carbocycles. The van der Waals surface area contributed by atoms with Gasteiger partial charge in [0, 0.05) is 13.1 Å². The molecular formula is C52H104CaN2O4. The van der Waals surface area contributed by atoms with E-state index in [1.807, 2.05) is 0 Å². The molecule has 0 fully saturated rings. The van der Waals surface area contributed by atoms with E-state index in [9.17, 15) is 19.8 Å². The fourth-order valence-corrected chi connectivity index (χ4v) is 8.19. The molecule has 0 N–H and O–H groups in total. The molecule has 0 aliphatic rings. The molecule has 0 amide bonds. The summed E-state index contributed by atoms with van der Waals surface area (Å²) in [5.74, 6) is 0.878. The molecule has 0 aromatic carbocycles. The summed E-state index contributed by atoms with van der Waals surface area (Å²) >= 11 is 0. The number of carbonyl (C=O) groups is 2. The minimum atomic E-state index is -0.933. The fourth-order valence-electron chi connectivity index (χ4n) is 8.19. The van der Waals surface area contributed by atoms with Gasteiger partial charge in [0.25, 0.3) is 0 Å². The fraction of sp³-hybridized carbons (Fsp3) is 0.962. The summed E-state index contributed by atoms with van der Waals surface area (Å²) in [4.78, 5) is 26.5. The van der Waals surface area contributed by atoms with E-state index in [2.05, 4.69) is 65.2 Å². The molecule has 59 heavy (non-hydrogen) atoms. The Hall–Kier alpha value is 0.120. The van der Waals surface area contributed by atoms with Crippen LogP contribution in [0.2, 0.25) is 0 Å². The van der Waals surface area contributed by atoms with Crippen molar-refractivity contribution in [3.05, 3.63) is 0 Å². The number of unbranched alkanes of at least 4 members (excludes halogenated alkanes) is 20. The topological polar surface area (TPSA) is 86.7 Å². The molecule has 4 atom stereocenters. The number of rotatable bonds is 44. The van der Waals surface area contributed by atoms with Crippen LogP contribution in [0.1, 0.15) is 261 Å². The third kappa shape index (κ3) is 50.6. The number of carboxylic acids is 2. The van der Waals surface area contributed by atoms with Gasteiger partial charge >= 0.3 is 37.7 Å². The number of carbonyl (C=O) groups excluding carboxylic acids is 2. The smallest absolute Gasteiger partial charge is 0.549 e.